The second kappa shape index (κ2) is 9.96. The summed E-state index contributed by atoms with van der Waals surface area (Å²) >= 11 is 0. The lowest BCUT2D eigenvalue weighted by atomic mass is 10.0. The molecule has 0 aromatic heterocycles. The Labute approximate surface area is 151 Å². The number of alkyl halides is 2. The average Bonchev–Trinajstić information content (AvgIpc) is 2.55. The standard InChI is InChI=1S/C18H20F2N2O2.ClH/c1-12(14-9-5-6-10-16(14)24-18(19)20)22-17(23)11-15(21)13-7-3-2-4-8-13;/h2-10,12,15,18H,11,21H2,1H3,(H,22,23);1H. The summed E-state index contributed by atoms with van der Waals surface area (Å²) in [5, 5.41) is 2.77. The summed E-state index contributed by atoms with van der Waals surface area (Å²) in [5.41, 5.74) is 7.37. The monoisotopic (exact) mass is 370 g/mol. The van der Waals surface area contributed by atoms with Gasteiger partial charge >= 0.3 is 6.61 Å². The number of carbonyl (C=O) groups excluding carboxylic acids is 1. The molecule has 2 aromatic rings. The van der Waals surface area contributed by atoms with Crippen LogP contribution in [0.15, 0.2) is 54.6 Å². The number of hydrogen-bond donors (Lipinski definition) is 2. The van der Waals surface area contributed by atoms with Crippen LogP contribution in [0.4, 0.5) is 8.78 Å². The average molecular weight is 371 g/mol. The van der Waals surface area contributed by atoms with Crippen LogP contribution in [0, 0.1) is 0 Å². The van der Waals surface area contributed by atoms with Gasteiger partial charge in [-0.25, -0.2) is 0 Å². The molecule has 0 aliphatic carbocycles. The first kappa shape index (κ1) is 20.9. The van der Waals surface area contributed by atoms with E-state index >= 15 is 0 Å². The minimum atomic E-state index is -2.92. The van der Waals surface area contributed by atoms with Gasteiger partial charge in [0.05, 0.1) is 6.04 Å². The second-order valence-electron chi connectivity index (χ2n) is 5.43. The fourth-order valence-electron chi connectivity index (χ4n) is 2.44. The van der Waals surface area contributed by atoms with E-state index in [4.69, 9.17) is 5.73 Å². The highest BCUT2D eigenvalue weighted by Gasteiger charge is 2.18. The highest BCUT2D eigenvalue weighted by atomic mass is 35.5. The number of nitrogens with one attached hydrogen (secondary N) is 1. The zero-order chi connectivity index (χ0) is 17.5. The molecule has 136 valence electrons. The Bertz CT molecular complexity index is 671. The lowest BCUT2D eigenvalue weighted by Crippen LogP contribution is -2.30. The van der Waals surface area contributed by atoms with Crippen molar-refractivity contribution in [1.29, 1.82) is 0 Å². The maximum absolute atomic E-state index is 12.5. The van der Waals surface area contributed by atoms with Gasteiger partial charge in [-0.15, -0.1) is 12.4 Å². The van der Waals surface area contributed by atoms with Crippen LogP contribution in [-0.2, 0) is 4.79 Å². The second-order valence-corrected chi connectivity index (χ2v) is 5.43. The third-order valence-electron chi connectivity index (χ3n) is 3.61. The first-order valence-electron chi connectivity index (χ1n) is 7.61. The first-order valence-corrected chi connectivity index (χ1v) is 7.61. The molecule has 2 atom stereocenters. The summed E-state index contributed by atoms with van der Waals surface area (Å²) in [6.07, 6.45) is 0.103. The molecule has 2 aromatic carbocycles. The third kappa shape index (κ3) is 6.32. The summed E-state index contributed by atoms with van der Waals surface area (Å²) in [7, 11) is 0. The van der Waals surface area contributed by atoms with E-state index in [2.05, 4.69) is 10.1 Å². The molecule has 0 spiro atoms. The zero-order valence-corrected chi connectivity index (χ0v) is 14.5. The van der Waals surface area contributed by atoms with Crippen LogP contribution < -0.4 is 15.8 Å². The number of para-hydroxylation sites is 1. The van der Waals surface area contributed by atoms with Crippen LogP contribution in [0.3, 0.4) is 0 Å². The quantitative estimate of drug-likeness (QED) is 0.774. The van der Waals surface area contributed by atoms with Gasteiger partial charge in [0.15, 0.2) is 0 Å². The van der Waals surface area contributed by atoms with Crippen LogP contribution in [0.2, 0.25) is 0 Å². The number of benzene rings is 2. The van der Waals surface area contributed by atoms with E-state index in [1.54, 1.807) is 25.1 Å². The number of ether oxygens (including phenoxy) is 1. The van der Waals surface area contributed by atoms with Crippen LogP contribution in [-0.4, -0.2) is 12.5 Å². The van der Waals surface area contributed by atoms with E-state index in [0.717, 1.165) is 5.56 Å². The molecule has 0 saturated carbocycles. The van der Waals surface area contributed by atoms with E-state index in [1.165, 1.54) is 6.07 Å². The van der Waals surface area contributed by atoms with Gasteiger partial charge in [0.25, 0.3) is 0 Å². The van der Waals surface area contributed by atoms with E-state index in [1.807, 2.05) is 30.3 Å². The maximum atomic E-state index is 12.5. The van der Waals surface area contributed by atoms with Crippen molar-refractivity contribution in [3.63, 3.8) is 0 Å². The predicted octanol–water partition coefficient (Wildman–Crippen LogP) is 3.98. The SMILES string of the molecule is CC(NC(=O)CC(N)c1ccccc1)c1ccccc1OC(F)F.Cl. The van der Waals surface area contributed by atoms with Gasteiger partial charge in [0, 0.05) is 18.0 Å². The summed E-state index contributed by atoms with van der Waals surface area (Å²) in [6.45, 7) is -1.21. The molecule has 4 nitrogen and oxygen atoms in total. The van der Waals surface area contributed by atoms with E-state index in [0.29, 0.717) is 5.56 Å². The van der Waals surface area contributed by atoms with Gasteiger partial charge in [-0.3, -0.25) is 4.79 Å². The highest BCUT2D eigenvalue weighted by molar-refractivity contribution is 5.85. The van der Waals surface area contributed by atoms with Crippen molar-refractivity contribution in [3.05, 3.63) is 65.7 Å². The lowest BCUT2D eigenvalue weighted by Gasteiger charge is -2.19. The largest absolute Gasteiger partial charge is 0.434 e. The van der Waals surface area contributed by atoms with Crippen LogP contribution >= 0.6 is 12.4 Å². The van der Waals surface area contributed by atoms with E-state index in [-0.39, 0.29) is 30.5 Å². The molecular formula is C18H21ClF2N2O2. The molecule has 3 N–H and O–H groups in total. The molecule has 0 radical (unpaired) electrons. The Hall–Kier alpha value is -2.18. The van der Waals surface area contributed by atoms with Crippen molar-refractivity contribution in [3.8, 4) is 5.75 Å². The lowest BCUT2D eigenvalue weighted by molar-refractivity contribution is -0.122. The number of nitrogens with two attached hydrogens (primary N) is 1. The molecule has 1 amide bonds. The fraction of sp³-hybridized carbons (Fsp3) is 0.278. The van der Waals surface area contributed by atoms with Gasteiger partial charge < -0.3 is 15.8 Å². The molecule has 2 unspecified atom stereocenters. The smallest absolute Gasteiger partial charge is 0.387 e. The first-order chi connectivity index (χ1) is 11.5. The van der Waals surface area contributed by atoms with Gasteiger partial charge in [-0.05, 0) is 18.6 Å². The molecular weight excluding hydrogens is 350 g/mol. The van der Waals surface area contributed by atoms with Crippen LogP contribution in [0.25, 0.3) is 0 Å². The third-order valence-corrected chi connectivity index (χ3v) is 3.61. The predicted molar refractivity (Wildman–Crippen MR) is 94.9 cm³/mol. The van der Waals surface area contributed by atoms with Crippen LogP contribution in [0.1, 0.15) is 36.6 Å². The normalized spacial score (nSPS) is 12.8. The Balaban J connectivity index is 0.00000312. The molecule has 0 aliphatic heterocycles. The molecule has 0 bridgehead atoms. The van der Waals surface area contributed by atoms with Crippen molar-refractivity contribution < 1.29 is 18.3 Å². The number of halogens is 3. The van der Waals surface area contributed by atoms with Crippen molar-refractivity contribution >= 4 is 18.3 Å². The minimum absolute atomic E-state index is 0. The van der Waals surface area contributed by atoms with Gasteiger partial charge in [0.1, 0.15) is 5.75 Å². The summed E-state index contributed by atoms with van der Waals surface area (Å²) in [5.74, 6) is -0.210. The highest BCUT2D eigenvalue weighted by Crippen LogP contribution is 2.26. The number of carbonyl (C=O) groups is 1. The van der Waals surface area contributed by atoms with Gasteiger partial charge in [-0.1, -0.05) is 48.5 Å². The molecule has 0 heterocycles. The fourth-order valence-corrected chi connectivity index (χ4v) is 2.44. The van der Waals surface area contributed by atoms with Gasteiger partial charge in [-0.2, -0.15) is 8.78 Å². The zero-order valence-electron chi connectivity index (χ0n) is 13.7. The Morgan fingerprint density at radius 2 is 1.72 bits per heavy atom. The molecule has 0 fully saturated rings. The van der Waals surface area contributed by atoms with Crippen LogP contribution in [0.5, 0.6) is 5.75 Å². The Morgan fingerprint density at radius 1 is 1.12 bits per heavy atom. The minimum Gasteiger partial charge on any atom is -0.434 e. The summed E-state index contributed by atoms with van der Waals surface area (Å²) in [4.78, 5) is 12.2. The van der Waals surface area contributed by atoms with Gasteiger partial charge in [0.2, 0.25) is 5.91 Å². The summed E-state index contributed by atoms with van der Waals surface area (Å²) in [6, 6.07) is 14.8. The van der Waals surface area contributed by atoms with Crippen molar-refractivity contribution in [2.24, 2.45) is 5.73 Å². The van der Waals surface area contributed by atoms with Crippen molar-refractivity contribution in [2.75, 3.05) is 0 Å². The Morgan fingerprint density at radius 3 is 2.36 bits per heavy atom. The Kier molecular flexibility index (Phi) is 8.31. The number of hydrogen-bond acceptors (Lipinski definition) is 3. The summed E-state index contributed by atoms with van der Waals surface area (Å²) < 4.78 is 29.4. The van der Waals surface area contributed by atoms with E-state index < -0.39 is 18.7 Å². The maximum Gasteiger partial charge on any atom is 0.387 e. The molecule has 0 aliphatic rings. The molecule has 7 heteroatoms. The molecule has 2 rings (SSSR count). The molecule has 0 saturated heterocycles. The van der Waals surface area contributed by atoms with Crippen molar-refractivity contribution in [1.82, 2.24) is 5.32 Å². The molecule has 25 heavy (non-hydrogen) atoms. The van der Waals surface area contributed by atoms with Crippen molar-refractivity contribution in [2.45, 2.75) is 32.0 Å². The number of rotatable bonds is 7. The number of amides is 1. The van der Waals surface area contributed by atoms with E-state index in [9.17, 15) is 13.6 Å². The topological polar surface area (TPSA) is 64.4 Å².